The topological polar surface area (TPSA) is 87.5 Å². The van der Waals surface area contributed by atoms with Crippen molar-refractivity contribution in [3.8, 4) is 0 Å². The van der Waals surface area contributed by atoms with Gasteiger partial charge in [-0.25, -0.2) is 14.0 Å². The number of carboxylic acid groups (broad SMARTS) is 1. The summed E-state index contributed by atoms with van der Waals surface area (Å²) < 4.78 is 14.8. The Morgan fingerprint density at radius 3 is 2.58 bits per heavy atom. The van der Waals surface area contributed by atoms with Crippen molar-refractivity contribution in [2.24, 2.45) is 0 Å². The fourth-order valence-electron chi connectivity index (χ4n) is 4.13. The molecule has 0 saturated heterocycles. The predicted molar refractivity (Wildman–Crippen MR) is 124 cm³/mol. The molecule has 4 rings (SSSR count). The SMILES string of the molecule is CC(C)(C)c1c2c(cc3c1c(I)nn3C(=O)O)NC(=O)N(Cc1ccc(F)cc1)CC2. The molecular formula is C22H22FIN4O3. The van der Waals surface area contributed by atoms with Gasteiger partial charge < -0.3 is 15.3 Å². The minimum absolute atomic E-state index is 0.279. The number of hydrogen-bond donors (Lipinski definition) is 2. The van der Waals surface area contributed by atoms with Crippen molar-refractivity contribution >= 4 is 51.3 Å². The van der Waals surface area contributed by atoms with E-state index in [-0.39, 0.29) is 17.3 Å². The summed E-state index contributed by atoms with van der Waals surface area (Å²) in [5, 5.41) is 17.6. The minimum atomic E-state index is -1.18. The van der Waals surface area contributed by atoms with Crippen molar-refractivity contribution in [3.05, 3.63) is 56.5 Å². The molecule has 0 bridgehead atoms. The molecule has 0 saturated carbocycles. The van der Waals surface area contributed by atoms with E-state index >= 15 is 0 Å². The van der Waals surface area contributed by atoms with E-state index in [9.17, 15) is 19.1 Å². The molecule has 0 atom stereocenters. The number of rotatable bonds is 2. The fraction of sp³-hybridized carbons (Fsp3) is 0.318. The van der Waals surface area contributed by atoms with Crippen LogP contribution in [0.2, 0.25) is 0 Å². The van der Waals surface area contributed by atoms with Crippen LogP contribution in [-0.2, 0) is 18.4 Å². The Hall–Kier alpha value is -2.69. The van der Waals surface area contributed by atoms with Crippen LogP contribution in [0.1, 0.15) is 37.5 Å². The minimum Gasteiger partial charge on any atom is -0.463 e. The Labute approximate surface area is 192 Å². The maximum absolute atomic E-state index is 13.2. The summed E-state index contributed by atoms with van der Waals surface area (Å²) in [5.74, 6) is -0.319. The zero-order valence-electron chi connectivity index (χ0n) is 17.4. The molecule has 3 aromatic rings. The number of aromatic nitrogens is 2. The van der Waals surface area contributed by atoms with Crippen LogP contribution in [0.5, 0.6) is 0 Å². The number of carbonyl (C=O) groups is 2. The molecule has 1 aliphatic heterocycles. The van der Waals surface area contributed by atoms with Crippen LogP contribution in [0.4, 0.5) is 19.7 Å². The molecule has 0 aliphatic carbocycles. The van der Waals surface area contributed by atoms with Crippen molar-refractivity contribution in [1.82, 2.24) is 14.7 Å². The number of amides is 2. The van der Waals surface area contributed by atoms with Gasteiger partial charge in [0, 0.05) is 24.2 Å². The lowest BCUT2D eigenvalue weighted by atomic mass is 9.80. The molecule has 2 amide bonds. The van der Waals surface area contributed by atoms with Crippen LogP contribution in [0, 0.1) is 9.52 Å². The maximum Gasteiger partial charge on any atom is 0.432 e. The van der Waals surface area contributed by atoms with E-state index in [2.05, 4.69) is 53.8 Å². The maximum atomic E-state index is 13.2. The van der Waals surface area contributed by atoms with Crippen molar-refractivity contribution < 1.29 is 19.1 Å². The van der Waals surface area contributed by atoms with Gasteiger partial charge in [0.25, 0.3) is 0 Å². The number of urea groups is 1. The second kappa shape index (κ2) is 7.77. The fourth-order valence-corrected chi connectivity index (χ4v) is 4.89. The van der Waals surface area contributed by atoms with E-state index < -0.39 is 6.09 Å². The lowest BCUT2D eigenvalue weighted by Crippen LogP contribution is -2.34. The third kappa shape index (κ3) is 3.98. The molecule has 0 radical (unpaired) electrons. The molecule has 2 aromatic carbocycles. The number of hydrogen-bond acceptors (Lipinski definition) is 3. The number of benzene rings is 2. The normalized spacial score (nSPS) is 14.4. The van der Waals surface area contributed by atoms with Gasteiger partial charge in [0.1, 0.15) is 9.52 Å². The molecule has 9 heteroatoms. The van der Waals surface area contributed by atoms with Crippen molar-refractivity contribution in [3.63, 3.8) is 0 Å². The van der Waals surface area contributed by atoms with Gasteiger partial charge in [-0.3, -0.25) is 0 Å². The summed E-state index contributed by atoms with van der Waals surface area (Å²) in [6, 6.07) is 7.51. The van der Waals surface area contributed by atoms with E-state index in [0.29, 0.717) is 34.4 Å². The Kier molecular flexibility index (Phi) is 5.40. The second-order valence-electron chi connectivity index (χ2n) is 8.64. The number of nitrogens with one attached hydrogen (secondary N) is 1. The molecule has 0 fully saturated rings. The number of carbonyl (C=O) groups excluding carboxylic acids is 1. The average molecular weight is 536 g/mol. The molecule has 2 N–H and O–H groups in total. The molecule has 0 spiro atoms. The van der Waals surface area contributed by atoms with E-state index in [1.165, 1.54) is 12.1 Å². The van der Waals surface area contributed by atoms with Gasteiger partial charge >= 0.3 is 12.1 Å². The first-order valence-electron chi connectivity index (χ1n) is 9.84. The third-order valence-corrected chi connectivity index (χ3v) is 6.17. The third-order valence-electron chi connectivity index (χ3n) is 5.41. The highest BCUT2D eigenvalue weighted by molar-refractivity contribution is 14.1. The van der Waals surface area contributed by atoms with Gasteiger partial charge in [-0.15, -0.1) is 0 Å². The van der Waals surface area contributed by atoms with Crippen molar-refractivity contribution in [1.29, 1.82) is 0 Å². The lowest BCUT2D eigenvalue weighted by Gasteiger charge is -2.25. The predicted octanol–water partition coefficient (Wildman–Crippen LogP) is 5.19. The Balaban J connectivity index is 1.81. The van der Waals surface area contributed by atoms with Gasteiger partial charge in [-0.05, 0) is 69.3 Å². The summed E-state index contributed by atoms with van der Waals surface area (Å²) in [5.41, 5.74) is 3.56. The summed E-state index contributed by atoms with van der Waals surface area (Å²) in [7, 11) is 0. The average Bonchev–Trinajstić information content (AvgIpc) is 2.92. The van der Waals surface area contributed by atoms with E-state index in [1.807, 2.05) is 0 Å². The highest BCUT2D eigenvalue weighted by Crippen LogP contribution is 2.40. The number of anilines is 1. The van der Waals surface area contributed by atoms with Crippen LogP contribution in [0.3, 0.4) is 0 Å². The van der Waals surface area contributed by atoms with E-state index in [1.54, 1.807) is 23.1 Å². The molecule has 0 unspecified atom stereocenters. The van der Waals surface area contributed by atoms with Crippen LogP contribution in [-0.4, -0.2) is 38.5 Å². The second-order valence-corrected chi connectivity index (χ2v) is 9.66. The molecule has 7 nitrogen and oxygen atoms in total. The first kappa shape index (κ1) is 21.5. The molecule has 162 valence electrons. The highest BCUT2D eigenvalue weighted by atomic mass is 127. The Morgan fingerprint density at radius 2 is 1.97 bits per heavy atom. The van der Waals surface area contributed by atoms with Gasteiger partial charge in [-0.1, -0.05) is 32.9 Å². The standard InChI is InChI=1S/C22H22FIN4O3/c1-22(2,3)18-14-8-9-27(11-12-4-6-13(23)7-5-12)20(29)25-15(14)10-16-17(18)19(24)26-28(16)21(30)31/h4-7,10H,8-9,11H2,1-3H3,(H,25,29)(H,30,31). The molecule has 1 aromatic heterocycles. The summed E-state index contributed by atoms with van der Waals surface area (Å²) in [4.78, 5) is 26.4. The van der Waals surface area contributed by atoms with E-state index in [0.717, 1.165) is 26.8 Å². The Morgan fingerprint density at radius 1 is 1.29 bits per heavy atom. The monoisotopic (exact) mass is 536 g/mol. The largest absolute Gasteiger partial charge is 0.463 e. The van der Waals surface area contributed by atoms with Gasteiger partial charge in [0.05, 0.1) is 5.52 Å². The van der Waals surface area contributed by atoms with Crippen LogP contribution >= 0.6 is 22.6 Å². The summed E-state index contributed by atoms with van der Waals surface area (Å²) >= 11 is 2.06. The molecule has 31 heavy (non-hydrogen) atoms. The van der Waals surface area contributed by atoms with Gasteiger partial charge in [-0.2, -0.15) is 9.78 Å². The number of halogens is 2. The molecule has 2 heterocycles. The van der Waals surface area contributed by atoms with Crippen molar-refractivity contribution in [2.75, 3.05) is 11.9 Å². The van der Waals surface area contributed by atoms with Crippen LogP contribution in [0.15, 0.2) is 30.3 Å². The first-order valence-corrected chi connectivity index (χ1v) is 10.9. The zero-order chi connectivity index (χ0) is 22.5. The van der Waals surface area contributed by atoms with Gasteiger partial charge in [0.15, 0.2) is 0 Å². The van der Waals surface area contributed by atoms with E-state index in [4.69, 9.17) is 0 Å². The number of nitrogens with zero attached hydrogens (tertiary/aromatic N) is 3. The van der Waals surface area contributed by atoms with Crippen LogP contribution in [0.25, 0.3) is 10.9 Å². The molecular weight excluding hydrogens is 514 g/mol. The summed E-state index contributed by atoms with van der Waals surface area (Å²) in [6.07, 6.45) is -0.572. The smallest absolute Gasteiger partial charge is 0.432 e. The van der Waals surface area contributed by atoms with Gasteiger partial charge in [0.2, 0.25) is 0 Å². The lowest BCUT2D eigenvalue weighted by molar-refractivity contribution is 0.194. The summed E-state index contributed by atoms with van der Waals surface area (Å²) in [6.45, 7) is 7.04. The highest BCUT2D eigenvalue weighted by Gasteiger charge is 2.31. The number of fused-ring (bicyclic) bond motifs is 2. The van der Waals surface area contributed by atoms with Crippen molar-refractivity contribution in [2.45, 2.75) is 39.2 Å². The van der Waals surface area contributed by atoms with Crippen LogP contribution < -0.4 is 5.32 Å². The first-order chi connectivity index (χ1) is 14.6. The zero-order valence-corrected chi connectivity index (χ0v) is 19.5. The Bertz CT molecular complexity index is 1200. The quantitative estimate of drug-likeness (QED) is 0.442. The molecule has 1 aliphatic rings.